The van der Waals surface area contributed by atoms with E-state index in [0.717, 1.165) is 24.3 Å². The number of ether oxygens (including phenoxy) is 1. The van der Waals surface area contributed by atoms with Crippen molar-refractivity contribution in [3.63, 3.8) is 0 Å². The van der Waals surface area contributed by atoms with E-state index in [-0.39, 0.29) is 5.91 Å². The summed E-state index contributed by atoms with van der Waals surface area (Å²) < 4.78 is 7.63. The van der Waals surface area contributed by atoms with E-state index in [1.807, 2.05) is 60.3 Å². The van der Waals surface area contributed by atoms with Crippen LogP contribution in [0.5, 0.6) is 5.75 Å². The van der Waals surface area contributed by atoms with Crippen LogP contribution in [-0.4, -0.2) is 40.8 Å². The zero-order valence-electron chi connectivity index (χ0n) is 16.5. The molecule has 0 aliphatic heterocycles. The van der Waals surface area contributed by atoms with Crippen molar-refractivity contribution in [3.05, 3.63) is 83.7 Å². The van der Waals surface area contributed by atoms with Gasteiger partial charge in [-0.1, -0.05) is 55.5 Å². The summed E-state index contributed by atoms with van der Waals surface area (Å²) in [6, 6.07) is 19.9. The molecule has 28 heavy (non-hydrogen) atoms. The standard InChI is InChI=1S/C23H27N3O2/c1-3-22-21(17-24-26(22)18-19-11-6-4-7-12-19)23(27)25(2)15-10-16-28-20-13-8-5-9-14-20/h4-9,11-14,17H,3,10,15-16,18H2,1-2H3. The van der Waals surface area contributed by atoms with Crippen LogP contribution in [0, 0.1) is 0 Å². The minimum absolute atomic E-state index is 0.0101. The van der Waals surface area contributed by atoms with E-state index in [1.54, 1.807) is 11.1 Å². The number of hydrogen-bond acceptors (Lipinski definition) is 3. The SMILES string of the molecule is CCc1c(C(=O)N(C)CCCOc2ccccc2)cnn1Cc1ccccc1. The second kappa shape index (κ2) is 9.74. The number of nitrogens with zero attached hydrogens (tertiary/aromatic N) is 3. The third kappa shape index (κ3) is 5.00. The van der Waals surface area contributed by atoms with Crippen molar-refractivity contribution >= 4 is 5.91 Å². The molecule has 0 aliphatic rings. The number of para-hydroxylation sites is 1. The Hall–Kier alpha value is -3.08. The van der Waals surface area contributed by atoms with Gasteiger partial charge in [-0.15, -0.1) is 0 Å². The van der Waals surface area contributed by atoms with Gasteiger partial charge in [-0.2, -0.15) is 5.10 Å². The van der Waals surface area contributed by atoms with E-state index in [2.05, 4.69) is 24.2 Å². The summed E-state index contributed by atoms with van der Waals surface area (Å²) >= 11 is 0. The molecular weight excluding hydrogens is 350 g/mol. The predicted molar refractivity (Wildman–Crippen MR) is 111 cm³/mol. The average molecular weight is 377 g/mol. The lowest BCUT2D eigenvalue weighted by atomic mass is 10.1. The van der Waals surface area contributed by atoms with Crippen LogP contribution >= 0.6 is 0 Å². The summed E-state index contributed by atoms with van der Waals surface area (Å²) in [5.41, 5.74) is 2.83. The highest BCUT2D eigenvalue weighted by molar-refractivity contribution is 5.95. The number of benzene rings is 2. The van der Waals surface area contributed by atoms with E-state index in [0.29, 0.717) is 25.3 Å². The van der Waals surface area contributed by atoms with Gasteiger partial charge in [0.05, 0.1) is 30.6 Å². The lowest BCUT2D eigenvalue weighted by Crippen LogP contribution is -2.29. The molecule has 1 aromatic heterocycles. The highest BCUT2D eigenvalue weighted by Crippen LogP contribution is 2.15. The maximum absolute atomic E-state index is 12.9. The van der Waals surface area contributed by atoms with E-state index < -0.39 is 0 Å². The largest absolute Gasteiger partial charge is 0.494 e. The molecule has 3 aromatic rings. The van der Waals surface area contributed by atoms with Crippen LogP contribution in [0.1, 0.15) is 35.0 Å². The first kappa shape index (κ1) is 19.7. The van der Waals surface area contributed by atoms with Gasteiger partial charge >= 0.3 is 0 Å². The van der Waals surface area contributed by atoms with Gasteiger partial charge in [-0.3, -0.25) is 9.48 Å². The van der Waals surface area contributed by atoms with Crippen molar-refractivity contribution in [3.8, 4) is 5.75 Å². The van der Waals surface area contributed by atoms with Gasteiger partial charge in [0, 0.05) is 13.6 Å². The molecule has 0 radical (unpaired) electrons. The fraction of sp³-hybridized carbons (Fsp3) is 0.304. The van der Waals surface area contributed by atoms with E-state index >= 15 is 0 Å². The second-order valence-electron chi connectivity index (χ2n) is 6.74. The Kier molecular flexibility index (Phi) is 6.84. The van der Waals surface area contributed by atoms with Gasteiger partial charge in [-0.25, -0.2) is 0 Å². The molecule has 0 fully saturated rings. The summed E-state index contributed by atoms with van der Waals surface area (Å²) in [4.78, 5) is 14.6. The normalized spacial score (nSPS) is 10.6. The Bertz CT molecular complexity index is 875. The monoisotopic (exact) mass is 377 g/mol. The van der Waals surface area contributed by atoms with Gasteiger partial charge in [-0.05, 0) is 30.5 Å². The maximum Gasteiger partial charge on any atom is 0.257 e. The van der Waals surface area contributed by atoms with Gasteiger partial charge in [0.25, 0.3) is 5.91 Å². The summed E-state index contributed by atoms with van der Waals surface area (Å²) in [5.74, 6) is 0.864. The molecule has 5 nitrogen and oxygen atoms in total. The van der Waals surface area contributed by atoms with Crippen LogP contribution in [0.4, 0.5) is 0 Å². The average Bonchev–Trinajstić information content (AvgIpc) is 3.14. The summed E-state index contributed by atoms with van der Waals surface area (Å²) in [7, 11) is 1.83. The third-order valence-corrected chi connectivity index (χ3v) is 4.69. The van der Waals surface area contributed by atoms with E-state index in [9.17, 15) is 4.79 Å². The lowest BCUT2D eigenvalue weighted by Gasteiger charge is -2.17. The molecule has 146 valence electrons. The van der Waals surface area contributed by atoms with E-state index in [1.165, 1.54) is 5.56 Å². The molecule has 0 N–H and O–H groups in total. The van der Waals surface area contributed by atoms with Crippen LogP contribution in [0.15, 0.2) is 66.9 Å². The molecule has 0 aliphatic carbocycles. The number of carbonyl (C=O) groups excluding carboxylic acids is 1. The Morgan fingerprint density at radius 1 is 1.07 bits per heavy atom. The topological polar surface area (TPSA) is 47.4 Å². The number of amides is 1. The van der Waals surface area contributed by atoms with Crippen molar-refractivity contribution in [1.29, 1.82) is 0 Å². The molecule has 1 amide bonds. The first-order valence-electron chi connectivity index (χ1n) is 9.71. The Morgan fingerprint density at radius 2 is 1.75 bits per heavy atom. The third-order valence-electron chi connectivity index (χ3n) is 4.69. The van der Waals surface area contributed by atoms with Crippen molar-refractivity contribution in [1.82, 2.24) is 14.7 Å². The molecule has 2 aromatic carbocycles. The zero-order chi connectivity index (χ0) is 19.8. The van der Waals surface area contributed by atoms with Crippen molar-refractivity contribution in [2.24, 2.45) is 0 Å². The Balaban J connectivity index is 1.57. The summed E-state index contributed by atoms with van der Waals surface area (Å²) in [6.45, 7) is 3.95. The number of hydrogen-bond donors (Lipinski definition) is 0. The smallest absolute Gasteiger partial charge is 0.257 e. The molecule has 0 atom stereocenters. The summed E-state index contributed by atoms with van der Waals surface area (Å²) in [6.07, 6.45) is 3.23. The van der Waals surface area contributed by atoms with Gasteiger partial charge in [0.1, 0.15) is 5.75 Å². The maximum atomic E-state index is 12.9. The molecular formula is C23H27N3O2. The van der Waals surface area contributed by atoms with Crippen molar-refractivity contribution < 1.29 is 9.53 Å². The van der Waals surface area contributed by atoms with Gasteiger partial charge < -0.3 is 9.64 Å². The quantitative estimate of drug-likeness (QED) is 0.529. The molecule has 0 saturated carbocycles. The molecule has 0 saturated heterocycles. The van der Waals surface area contributed by atoms with Crippen molar-refractivity contribution in [2.45, 2.75) is 26.3 Å². The highest BCUT2D eigenvalue weighted by atomic mass is 16.5. The van der Waals surface area contributed by atoms with Crippen LogP contribution in [-0.2, 0) is 13.0 Å². The van der Waals surface area contributed by atoms with Crippen LogP contribution in [0.3, 0.4) is 0 Å². The number of carbonyl (C=O) groups is 1. The van der Waals surface area contributed by atoms with Crippen LogP contribution < -0.4 is 4.74 Å². The zero-order valence-corrected chi connectivity index (χ0v) is 16.5. The first-order chi connectivity index (χ1) is 13.7. The minimum Gasteiger partial charge on any atom is -0.494 e. The molecule has 1 heterocycles. The van der Waals surface area contributed by atoms with Gasteiger partial charge in [0.2, 0.25) is 0 Å². The Labute approximate surface area is 166 Å². The summed E-state index contributed by atoms with van der Waals surface area (Å²) in [5, 5.41) is 4.47. The van der Waals surface area contributed by atoms with Gasteiger partial charge in [0.15, 0.2) is 0 Å². The van der Waals surface area contributed by atoms with Crippen LogP contribution in [0.2, 0.25) is 0 Å². The number of rotatable bonds is 9. The first-order valence-corrected chi connectivity index (χ1v) is 9.71. The molecule has 0 bridgehead atoms. The molecule has 3 rings (SSSR count). The lowest BCUT2D eigenvalue weighted by molar-refractivity contribution is 0.0786. The second-order valence-corrected chi connectivity index (χ2v) is 6.74. The molecule has 0 unspecified atom stereocenters. The van der Waals surface area contributed by atoms with Crippen LogP contribution in [0.25, 0.3) is 0 Å². The Morgan fingerprint density at radius 3 is 2.43 bits per heavy atom. The van der Waals surface area contributed by atoms with E-state index in [4.69, 9.17) is 4.74 Å². The number of aromatic nitrogens is 2. The minimum atomic E-state index is 0.0101. The molecule has 5 heteroatoms. The molecule has 0 spiro atoms. The fourth-order valence-electron chi connectivity index (χ4n) is 3.17. The highest BCUT2D eigenvalue weighted by Gasteiger charge is 2.19. The van der Waals surface area contributed by atoms with Crippen molar-refractivity contribution in [2.75, 3.05) is 20.2 Å². The predicted octanol–water partition coefficient (Wildman–Crippen LogP) is 4.03. The fourth-order valence-corrected chi connectivity index (χ4v) is 3.17.